The number of carbonyl (C=O) groups is 4. The number of nitrogens with one attached hydrogen (secondary N) is 5. The Morgan fingerprint density at radius 2 is 0.647 bits per heavy atom. The lowest BCUT2D eigenvalue weighted by Crippen LogP contribution is -2.63. The number of anilines is 2. The number of fused-ring (bicyclic) bond motifs is 22. The maximum Gasteiger partial charge on any atom is 0.241 e. The number of sulfonamides is 1. The van der Waals surface area contributed by atoms with Crippen molar-refractivity contribution >= 4 is 66.6 Å². The van der Waals surface area contributed by atoms with E-state index >= 15 is 0 Å². The topological polar surface area (TPSA) is 328 Å². The average Bonchev–Trinajstić information content (AvgIpc) is 1.66. The number of nitrogens with zero attached hydrogens (tertiary/aromatic N) is 1. The maximum absolute atomic E-state index is 14.3. The van der Waals surface area contributed by atoms with Crippen LogP contribution in [0.5, 0.6) is 0 Å². The standard InChI is InChI=1S/C118H176N6O14S/c1-64(80-32-36-85-108-89(61-100(130)115(80,85)9)112(6)49-45-74(53-70(112)57-95(108)126)121-105(135)42-30-66(3)82-34-38-87-110-91(63-102(132)117(82,87)11)114(8)51-47-76(55-72(114)59-97(110)128)123-139(137,138)98-27-19-23-78-79(98)24-18-26-93(78)124(13)14)28-40-103(133)119-73-44-48-111(5)69(52-73)56-94(125)107-84-37-33-81(116(84,10)99(129)60-88(107)111)65(2)29-41-104(134)120-75-46-50-113(7)71(54-75)58-96(127)109-86-39-35-83(118(86,12)101(131)62-90(109)113)67(4)31-43-106(136)122-92-25-17-21-68-20-15-16-22-77(68)92/h15-27,64-67,69-76,80-91,94-97,99-102,107-110,123,125-132H,28-63H2,1-14H3,(H,119,133)(H,120,134)(H,121,135)(H,122,136)/t64-,65-,66-,67-,69+,70+,71+,72+,73-,74-,75-,76-,80-,81-,82-,83-,84+,85+,86+,87+,88+,89+,90+,91+,94-,95-,96-,97-,99+,100+,101+,102+,107+,108+,109+,110+,111+,112+,113+,114+,115-,116-,117-,118-/m1/s1. The van der Waals surface area contributed by atoms with E-state index in [1.807, 2.05) is 79.7 Å². The second-order valence-corrected chi connectivity index (χ2v) is 54.9. The van der Waals surface area contributed by atoms with Crippen LogP contribution in [0, 0.1) is 185 Å². The Morgan fingerprint density at radius 3 is 1.01 bits per heavy atom. The summed E-state index contributed by atoms with van der Waals surface area (Å²) in [7, 11) is 0.0679. The Balaban J connectivity index is 0.387. The number of aliphatic hydroxyl groups is 8. The largest absolute Gasteiger partial charge is 0.393 e. The van der Waals surface area contributed by atoms with Gasteiger partial charge >= 0.3 is 0 Å². The Kier molecular flexibility index (Phi) is 27.5. The van der Waals surface area contributed by atoms with Gasteiger partial charge < -0.3 is 67.0 Å². The number of benzene rings is 4. The van der Waals surface area contributed by atoms with Crippen LogP contribution in [0.3, 0.4) is 0 Å². The van der Waals surface area contributed by atoms with Crippen molar-refractivity contribution in [1.82, 2.24) is 20.7 Å². The molecule has 0 unspecified atom stereocenters. The number of aliphatic hydroxyl groups excluding tert-OH is 8. The molecule has 16 aliphatic rings. The molecule has 20 rings (SSSR count). The Morgan fingerprint density at radius 1 is 0.345 bits per heavy atom. The van der Waals surface area contributed by atoms with E-state index < -0.39 is 64.3 Å². The number of hydrogen-bond acceptors (Lipinski definition) is 15. The summed E-state index contributed by atoms with van der Waals surface area (Å²) in [5, 5.41) is 118. The van der Waals surface area contributed by atoms with Crippen LogP contribution in [0.15, 0.2) is 83.8 Å². The fourth-order valence-corrected chi connectivity index (χ4v) is 41.5. The summed E-state index contributed by atoms with van der Waals surface area (Å²) >= 11 is 0. The van der Waals surface area contributed by atoms with E-state index in [2.05, 4.69) is 121 Å². The van der Waals surface area contributed by atoms with E-state index in [0.717, 1.165) is 169 Å². The van der Waals surface area contributed by atoms with Crippen LogP contribution in [0.25, 0.3) is 21.5 Å². The molecular weight excluding hydrogens is 1760 g/mol. The molecule has 768 valence electrons. The number of rotatable bonds is 24. The molecule has 0 radical (unpaired) electrons. The van der Waals surface area contributed by atoms with Crippen molar-refractivity contribution in [2.45, 2.75) is 392 Å². The molecule has 0 spiro atoms. The van der Waals surface area contributed by atoms with E-state index in [4.69, 9.17) is 0 Å². The first kappa shape index (κ1) is 101. The smallest absolute Gasteiger partial charge is 0.241 e. The molecule has 4 aromatic carbocycles. The van der Waals surface area contributed by atoms with Crippen molar-refractivity contribution in [2.75, 3.05) is 24.3 Å². The van der Waals surface area contributed by atoms with Crippen molar-refractivity contribution in [3.8, 4) is 0 Å². The molecular formula is C118H176N6O14S. The summed E-state index contributed by atoms with van der Waals surface area (Å²) in [6.07, 6.45) is 23.7. The van der Waals surface area contributed by atoms with Gasteiger partial charge in [-0.1, -0.05) is 144 Å². The van der Waals surface area contributed by atoms with Crippen LogP contribution in [0.1, 0.15) is 314 Å². The Labute approximate surface area is 831 Å². The molecule has 0 aromatic heterocycles. The molecule has 13 N–H and O–H groups in total. The Bertz CT molecular complexity index is 5300. The van der Waals surface area contributed by atoms with E-state index in [-0.39, 0.29) is 233 Å². The van der Waals surface area contributed by atoms with Gasteiger partial charge in [-0.05, 0) is 414 Å². The van der Waals surface area contributed by atoms with Gasteiger partial charge in [0.15, 0.2) is 0 Å². The predicted octanol–water partition coefficient (Wildman–Crippen LogP) is 18.9. The molecule has 20 nitrogen and oxygen atoms in total. The van der Waals surface area contributed by atoms with Crippen LogP contribution >= 0.6 is 0 Å². The van der Waals surface area contributed by atoms with Crippen molar-refractivity contribution in [3.05, 3.63) is 78.9 Å². The van der Waals surface area contributed by atoms with Gasteiger partial charge in [-0.15, -0.1) is 0 Å². The zero-order valence-corrected chi connectivity index (χ0v) is 87.4. The predicted molar refractivity (Wildman–Crippen MR) is 546 cm³/mol. The molecule has 16 saturated carbocycles. The average molecular weight is 1930 g/mol. The molecule has 0 saturated heterocycles. The van der Waals surface area contributed by atoms with E-state index in [9.17, 15) is 68.4 Å². The molecule has 139 heavy (non-hydrogen) atoms. The third-order valence-electron chi connectivity index (χ3n) is 47.6. The minimum atomic E-state index is -3.86. The monoisotopic (exact) mass is 1930 g/mol. The lowest BCUT2D eigenvalue weighted by Gasteiger charge is -2.64. The van der Waals surface area contributed by atoms with Gasteiger partial charge in [0.2, 0.25) is 33.7 Å². The van der Waals surface area contributed by atoms with Crippen LogP contribution in [-0.2, 0) is 29.2 Å². The molecule has 0 aliphatic heterocycles. The number of amides is 4. The summed E-state index contributed by atoms with van der Waals surface area (Å²) in [5.74, 6) is 4.48. The third-order valence-corrected chi connectivity index (χ3v) is 49.2. The Hall–Kier alpha value is -5.33. The highest BCUT2D eigenvalue weighted by Gasteiger charge is 2.72. The quantitative estimate of drug-likeness (QED) is 0.0310. The van der Waals surface area contributed by atoms with Crippen molar-refractivity contribution < 1.29 is 68.4 Å². The molecule has 44 atom stereocenters. The molecule has 16 aliphatic carbocycles. The molecule has 16 fully saturated rings. The van der Waals surface area contributed by atoms with Gasteiger partial charge in [0.05, 0.1) is 53.7 Å². The highest BCUT2D eigenvalue weighted by atomic mass is 32.2. The molecule has 4 aromatic rings. The highest BCUT2D eigenvalue weighted by Crippen LogP contribution is 2.75. The first-order valence-electron chi connectivity index (χ1n) is 56.3. The van der Waals surface area contributed by atoms with Gasteiger partial charge in [0, 0.05) is 91.5 Å². The minimum Gasteiger partial charge on any atom is -0.393 e. The van der Waals surface area contributed by atoms with Gasteiger partial charge in [-0.2, -0.15) is 0 Å². The SMILES string of the molecule is C[C@H](CCC(=O)Nc1cccc2ccccc12)[C@H]1CC[C@H]2[C@@H]3[C@H](O)C[C@@H]4C[C@H](NC(=O)CC[C@@H](C)[C@H]5CC[C@H]6[C@@H]7[C@H](O)C[C@@H]8C[C@H](NC(=O)CC[C@@H](C)[C@H]9CC[C@H]%10[C@@H]%11[C@H](O)C[C@@H]%12C[C@H](NC(=O)CC[C@@H](C)[C@H]%13CC[C@H]%14[C@@H]%15[C@H](O)C[C@@H]%16C[C@H](NS(=O)(=O)c%17cccc%18c(N(C)C)cccc%17%18)CC[C@]%16(C)[C@H]%15C[C@H](O)[C@]%13%14C)CC[C@]%12(C)[C@H]%11C[C@H](O)[C@]9%10C)CC[C@]8(C)[C@H]7C[C@H](O)[C@]56C)CC[C@]4(C)[C@H]3C[C@H](O)[C@]12C. The van der Waals surface area contributed by atoms with Gasteiger partial charge in [-0.25, -0.2) is 13.1 Å². The molecule has 21 heteroatoms. The zero-order chi connectivity index (χ0) is 98.4. The van der Waals surface area contributed by atoms with E-state index in [1.54, 1.807) is 6.07 Å². The lowest BCUT2D eigenvalue weighted by atomic mass is 9.43. The summed E-state index contributed by atoms with van der Waals surface area (Å²) in [6, 6.07) is 25.2. The van der Waals surface area contributed by atoms with Crippen LogP contribution < -0.4 is 30.9 Å². The first-order valence-corrected chi connectivity index (χ1v) is 57.8. The third kappa shape index (κ3) is 16.8. The van der Waals surface area contributed by atoms with Gasteiger partial charge in [-0.3, -0.25) is 19.2 Å². The van der Waals surface area contributed by atoms with Crippen molar-refractivity contribution in [2.24, 2.45) is 185 Å². The summed E-state index contributed by atoms with van der Waals surface area (Å²) < 4.78 is 31.7. The summed E-state index contributed by atoms with van der Waals surface area (Å²) in [5.41, 5.74) is -0.0371. The normalized spacial score (nSPS) is 46.5. The van der Waals surface area contributed by atoms with Gasteiger partial charge in [0.1, 0.15) is 0 Å². The van der Waals surface area contributed by atoms with Gasteiger partial charge in [0.25, 0.3) is 0 Å². The zero-order valence-electron chi connectivity index (χ0n) is 86.6. The second kappa shape index (κ2) is 37.8. The molecule has 0 bridgehead atoms. The van der Waals surface area contributed by atoms with Crippen molar-refractivity contribution in [3.63, 3.8) is 0 Å². The van der Waals surface area contributed by atoms with Crippen LogP contribution in [0.2, 0.25) is 0 Å². The molecule has 0 heterocycles. The van der Waals surface area contributed by atoms with Crippen molar-refractivity contribution in [1.29, 1.82) is 0 Å². The number of carbonyl (C=O) groups excluding carboxylic acids is 4. The van der Waals surface area contributed by atoms with Crippen LogP contribution in [-0.4, -0.2) is 160 Å². The highest BCUT2D eigenvalue weighted by molar-refractivity contribution is 7.89. The first-order chi connectivity index (χ1) is 66.0. The fraction of sp³-hybridized carbons (Fsp3) is 0.797. The maximum atomic E-state index is 14.3. The summed E-state index contributed by atoms with van der Waals surface area (Å²) in [4.78, 5) is 58.6. The fourth-order valence-electron chi connectivity index (χ4n) is 40.0. The number of hydrogen-bond donors (Lipinski definition) is 13. The van der Waals surface area contributed by atoms with E-state index in [0.29, 0.717) is 95.3 Å². The van der Waals surface area contributed by atoms with Crippen LogP contribution in [0.4, 0.5) is 11.4 Å². The second-order valence-electron chi connectivity index (χ2n) is 53.3. The minimum absolute atomic E-state index is 0.0124. The van der Waals surface area contributed by atoms with E-state index in [1.165, 1.54) is 0 Å². The molecule has 4 amide bonds. The lowest BCUT2D eigenvalue weighted by molar-refractivity contribution is -0.202. The summed E-state index contributed by atoms with van der Waals surface area (Å²) in [6.45, 7) is 28.0.